The van der Waals surface area contributed by atoms with E-state index in [1.165, 1.54) is 13.2 Å². The molecule has 5 nitrogen and oxygen atoms in total. The summed E-state index contributed by atoms with van der Waals surface area (Å²) < 4.78 is 5.20. The number of hydrogen-bond acceptors (Lipinski definition) is 3. The van der Waals surface area contributed by atoms with Crippen molar-refractivity contribution in [3.63, 3.8) is 0 Å². The number of rotatable bonds is 6. The summed E-state index contributed by atoms with van der Waals surface area (Å²) in [7, 11) is 1.50. The lowest BCUT2D eigenvalue weighted by Crippen LogP contribution is -2.23. The summed E-state index contributed by atoms with van der Waals surface area (Å²) in [5.74, 6) is -0.147. The Balaban J connectivity index is 2.20. The fraction of sp³-hybridized carbons (Fsp3) is 0.111. The Morgan fingerprint density at radius 2 is 1.88 bits per heavy atom. The number of benzene rings is 2. The maximum atomic E-state index is 12.4. The lowest BCUT2D eigenvalue weighted by atomic mass is 10.1. The molecule has 0 bridgehead atoms. The molecule has 0 unspecified atom stereocenters. The summed E-state index contributed by atoms with van der Waals surface area (Å²) in [6.45, 7) is 3.90. The molecule has 124 valence electrons. The number of hydrogen-bond donors (Lipinski definition) is 2. The van der Waals surface area contributed by atoms with Crippen molar-refractivity contribution in [3.8, 4) is 5.75 Å². The second kappa shape index (κ2) is 8.17. The number of halogens is 1. The third-order valence-electron chi connectivity index (χ3n) is 3.20. The topological polar surface area (TPSA) is 67.4 Å². The van der Waals surface area contributed by atoms with Crippen LogP contribution in [0.15, 0.2) is 55.1 Å². The molecule has 0 radical (unpaired) electrons. The van der Waals surface area contributed by atoms with Crippen molar-refractivity contribution in [1.29, 1.82) is 0 Å². The fourth-order valence-corrected chi connectivity index (χ4v) is 2.21. The summed E-state index contributed by atoms with van der Waals surface area (Å²) in [5.41, 5.74) is 1.20. The van der Waals surface area contributed by atoms with E-state index < -0.39 is 0 Å². The summed E-state index contributed by atoms with van der Waals surface area (Å²) in [4.78, 5) is 24.4. The van der Waals surface area contributed by atoms with Gasteiger partial charge in [0.2, 0.25) is 0 Å². The molecule has 0 saturated carbocycles. The van der Waals surface area contributed by atoms with E-state index in [9.17, 15) is 9.59 Å². The Morgan fingerprint density at radius 1 is 1.17 bits per heavy atom. The molecule has 0 aliphatic carbocycles. The van der Waals surface area contributed by atoms with Gasteiger partial charge in [-0.05, 0) is 36.4 Å². The quantitative estimate of drug-likeness (QED) is 0.788. The predicted octanol–water partition coefficient (Wildman–Crippen LogP) is 3.52. The maximum absolute atomic E-state index is 12.4. The van der Waals surface area contributed by atoms with E-state index in [1.807, 2.05) is 0 Å². The van der Waals surface area contributed by atoms with Crippen molar-refractivity contribution in [2.24, 2.45) is 0 Å². The van der Waals surface area contributed by atoms with E-state index in [1.54, 1.807) is 42.5 Å². The largest absolute Gasteiger partial charge is 0.495 e. The smallest absolute Gasteiger partial charge is 0.255 e. The van der Waals surface area contributed by atoms with Crippen molar-refractivity contribution in [2.75, 3.05) is 19.0 Å². The van der Waals surface area contributed by atoms with E-state index in [2.05, 4.69) is 17.2 Å². The zero-order valence-corrected chi connectivity index (χ0v) is 13.9. The van der Waals surface area contributed by atoms with Gasteiger partial charge in [0, 0.05) is 22.7 Å². The van der Waals surface area contributed by atoms with Gasteiger partial charge in [0.05, 0.1) is 12.8 Å². The van der Waals surface area contributed by atoms with Gasteiger partial charge in [-0.2, -0.15) is 0 Å². The van der Waals surface area contributed by atoms with Gasteiger partial charge in [0.15, 0.2) is 0 Å². The molecule has 24 heavy (non-hydrogen) atoms. The number of anilines is 1. The molecular weight excluding hydrogens is 328 g/mol. The summed E-state index contributed by atoms with van der Waals surface area (Å²) in [6.07, 6.45) is 1.58. The first-order chi connectivity index (χ1) is 11.5. The van der Waals surface area contributed by atoms with Crippen LogP contribution in [0.4, 0.5) is 5.69 Å². The first-order valence-electron chi connectivity index (χ1n) is 7.19. The van der Waals surface area contributed by atoms with Crippen molar-refractivity contribution in [2.45, 2.75) is 0 Å². The summed E-state index contributed by atoms with van der Waals surface area (Å²) in [5, 5.41) is 5.87. The molecule has 2 amide bonds. The van der Waals surface area contributed by atoms with Crippen LogP contribution in [0.1, 0.15) is 20.7 Å². The molecule has 0 spiro atoms. The van der Waals surface area contributed by atoms with Gasteiger partial charge >= 0.3 is 0 Å². The molecule has 0 aliphatic heterocycles. The highest BCUT2D eigenvalue weighted by Gasteiger charge is 2.12. The highest BCUT2D eigenvalue weighted by molar-refractivity contribution is 6.31. The van der Waals surface area contributed by atoms with Crippen LogP contribution >= 0.6 is 11.6 Å². The van der Waals surface area contributed by atoms with Crippen LogP contribution in [-0.4, -0.2) is 25.5 Å². The maximum Gasteiger partial charge on any atom is 0.255 e. The minimum Gasteiger partial charge on any atom is -0.495 e. The van der Waals surface area contributed by atoms with Crippen molar-refractivity contribution < 1.29 is 14.3 Å². The van der Waals surface area contributed by atoms with Gasteiger partial charge in [-0.25, -0.2) is 0 Å². The van der Waals surface area contributed by atoms with E-state index >= 15 is 0 Å². The van der Waals surface area contributed by atoms with Crippen LogP contribution in [-0.2, 0) is 0 Å². The van der Waals surface area contributed by atoms with Crippen LogP contribution < -0.4 is 15.4 Å². The average Bonchev–Trinajstić information content (AvgIpc) is 2.60. The molecule has 0 fully saturated rings. The van der Waals surface area contributed by atoms with E-state index in [0.29, 0.717) is 34.1 Å². The van der Waals surface area contributed by atoms with E-state index in [0.717, 1.165) is 0 Å². The number of carbonyl (C=O) groups is 2. The van der Waals surface area contributed by atoms with Crippen LogP contribution in [0.3, 0.4) is 0 Å². The van der Waals surface area contributed by atoms with Crippen LogP contribution in [0.5, 0.6) is 5.75 Å². The normalized spacial score (nSPS) is 9.92. The number of nitrogens with one attached hydrogen (secondary N) is 2. The van der Waals surface area contributed by atoms with Gasteiger partial charge < -0.3 is 15.4 Å². The standard InChI is InChI=1S/C18H17ClN2O3/c1-3-9-20-17(22)12-5-4-6-13(10-12)18(23)21-15-11-14(19)7-8-16(15)24-2/h3-8,10-11H,1,9H2,2H3,(H,20,22)(H,21,23). The van der Waals surface area contributed by atoms with E-state index in [4.69, 9.17) is 16.3 Å². The van der Waals surface area contributed by atoms with Crippen molar-refractivity contribution in [1.82, 2.24) is 5.32 Å². The van der Waals surface area contributed by atoms with Gasteiger partial charge in [-0.1, -0.05) is 23.7 Å². The van der Waals surface area contributed by atoms with Crippen molar-refractivity contribution in [3.05, 3.63) is 71.3 Å². The molecular formula is C18H17ClN2O3. The highest BCUT2D eigenvalue weighted by atomic mass is 35.5. The Kier molecular flexibility index (Phi) is 5.98. The fourth-order valence-electron chi connectivity index (χ4n) is 2.04. The number of methoxy groups -OCH3 is 1. The van der Waals surface area contributed by atoms with Gasteiger partial charge in [0.1, 0.15) is 5.75 Å². The summed E-state index contributed by atoms with van der Waals surface area (Å²) >= 11 is 5.95. The number of ether oxygens (including phenoxy) is 1. The molecule has 2 aromatic carbocycles. The molecule has 0 aromatic heterocycles. The first-order valence-corrected chi connectivity index (χ1v) is 7.57. The van der Waals surface area contributed by atoms with Gasteiger partial charge in [-0.3, -0.25) is 9.59 Å². The number of amides is 2. The van der Waals surface area contributed by atoms with E-state index in [-0.39, 0.29) is 11.8 Å². The molecule has 2 N–H and O–H groups in total. The van der Waals surface area contributed by atoms with Crippen LogP contribution in [0.2, 0.25) is 5.02 Å². The summed E-state index contributed by atoms with van der Waals surface area (Å²) in [6, 6.07) is 11.3. The minimum atomic E-state index is -0.367. The molecule has 0 atom stereocenters. The zero-order chi connectivity index (χ0) is 17.5. The Hall–Kier alpha value is -2.79. The molecule has 2 aromatic rings. The molecule has 0 aliphatic rings. The zero-order valence-electron chi connectivity index (χ0n) is 13.1. The second-order valence-corrected chi connectivity index (χ2v) is 5.31. The predicted molar refractivity (Wildman–Crippen MR) is 94.9 cm³/mol. The third kappa shape index (κ3) is 4.36. The number of carbonyl (C=O) groups excluding carboxylic acids is 2. The van der Waals surface area contributed by atoms with Crippen LogP contribution in [0, 0.1) is 0 Å². The third-order valence-corrected chi connectivity index (χ3v) is 3.44. The lowest BCUT2D eigenvalue weighted by Gasteiger charge is -2.11. The van der Waals surface area contributed by atoms with Crippen molar-refractivity contribution >= 4 is 29.1 Å². The average molecular weight is 345 g/mol. The monoisotopic (exact) mass is 344 g/mol. The van der Waals surface area contributed by atoms with Gasteiger partial charge in [-0.15, -0.1) is 6.58 Å². The Labute approximate surface area is 145 Å². The molecule has 6 heteroatoms. The SMILES string of the molecule is C=CCNC(=O)c1cccc(C(=O)Nc2cc(Cl)ccc2OC)c1. The Morgan fingerprint density at radius 3 is 2.54 bits per heavy atom. The molecule has 0 saturated heterocycles. The Bertz CT molecular complexity index is 775. The van der Waals surface area contributed by atoms with Crippen LogP contribution in [0.25, 0.3) is 0 Å². The first kappa shape index (κ1) is 17.6. The lowest BCUT2D eigenvalue weighted by molar-refractivity contribution is 0.0958. The molecule has 0 heterocycles. The second-order valence-electron chi connectivity index (χ2n) is 4.88. The molecule has 2 rings (SSSR count). The minimum absolute atomic E-state index is 0.273. The highest BCUT2D eigenvalue weighted by Crippen LogP contribution is 2.28. The van der Waals surface area contributed by atoms with Gasteiger partial charge in [0.25, 0.3) is 11.8 Å².